The van der Waals surface area contributed by atoms with Gasteiger partial charge in [-0.1, -0.05) is 6.92 Å². The second-order valence-electron chi connectivity index (χ2n) is 4.69. The van der Waals surface area contributed by atoms with Crippen LogP contribution in [0, 0.1) is 11.6 Å². The van der Waals surface area contributed by atoms with Crippen LogP contribution in [0.1, 0.15) is 31.6 Å². The summed E-state index contributed by atoms with van der Waals surface area (Å²) in [4.78, 5) is 12.3. The summed E-state index contributed by atoms with van der Waals surface area (Å²) in [6.07, 6.45) is 2.52. The van der Waals surface area contributed by atoms with Gasteiger partial charge in [-0.3, -0.25) is 4.57 Å². The quantitative estimate of drug-likeness (QED) is 0.853. The molecule has 0 atom stereocenters. The summed E-state index contributed by atoms with van der Waals surface area (Å²) in [6, 6.07) is 3.17. The van der Waals surface area contributed by atoms with Crippen molar-refractivity contribution in [1.29, 1.82) is 0 Å². The smallest absolute Gasteiger partial charge is 0.275 e. The summed E-state index contributed by atoms with van der Waals surface area (Å²) in [5, 5.41) is 4.18. The topological polar surface area (TPSA) is 39.8 Å². The average molecular weight is 265 g/mol. The van der Waals surface area contributed by atoms with Crippen LogP contribution in [0.3, 0.4) is 0 Å². The van der Waals surface area contributed by atoms with Crippen molar-refractivity contribution < 1.29 is 8.78 Å². The maximum absolute atomic E-state index is 13.2. The number of rotatable bonds is 3. The summed E-state index contributed by atoms with van der Waals surface area (Å²) >= 11 is 0. The second kappa shape index (κ2) is 4.29. The van der Waals surface area contributed by atoms with Gasteiger partial charge < -0.3 is 0 Å². The van der Waals surface area contributed by atoms with Gasteiger partial charge in [0.05, 0.1) is 5.69 Å². The van der Waals surface area contributed by atoms with Crippen LogP contribution in [0.5, 0.6) is 0 Å². The van der Waals surface area contributed by atoms with Gasteiger partial charge in [0.25, 0.3) is 0 Å². The lowest BCUT2D eigenvalue weighted by Crippen LogP contribution is -2.24. The molecule has 0 spiro atoms. The third kappa shape index (κ3) is 2.07. The highest BCUT2D eigenvalue weighted by Gasteiger charge is 2.29. The number of hydrogen-bond donors (Lipinski definition) is 0. The highest BCUT2D eigenvalue weighted by atomic mass is 19.1. The third-order valence-corrected chi connectivity index (χ3v) is 3.20. The summed E-state index contributed by atoms with van der Waals surface area (Å²) in [5.74, 6) is -0.793. The fourth-order valence-electron chi connectivity index (χ4n) is 2.19. The fourth-order valence-corrected chi connectivity index (χ4v) is 2.19. The molecule has 0 saturated heterocycles. The van der Waals surface area contributed by atoms with Crippen LogP contribution < -0.4 is 5.69 Å². The van der Waals surface area contributed by atoms with Gasteiger partial charge in [0.15, 0.2) is 0 Å². The highest BCUT2D eigenvalue weighted by Crippen LogP contribution is 2.34. The molecule has 19 heavy (non-hydrogen) atoms. The fraction of sp³-hybridized carbons (Fsp3) is 0.385. The van der Waals surface area contributed by atoms with Crippen molar-refractivity contribution in [1.82, 2.24) is 14.3 Å². The molecule has 3 rings (SSSR count). The lowest BCUT2D eigenvalue weighted by atomic mass is 10.3. The normalized spacial score (nSPS) is 14.9. The van der Waals surface area contributed by atoms with E-state index in [1.807, 2.05) is 6.92 Å². The molecule has 4 nitrogen and oxygen atoms in total. The summed E-state index contributed by atoms with van der Waals surface area (Å²) in [7, 11) is 0. The van der Waals surface area contributed by atoms with Crippen molar-refractivity contribution in [2.24, 2.45) is 0 Å². The van der Waals surface area contributed by atoms with Crippen LogP contribution >= 0.6 is 0 Å². The van der Waals surface area contributed by atoms with E-state index in [9.17, 15) is 13.6 Å². The first-order valence-electron chi connectivity index (χ1n) is 6.27. The molecule has 1 aliphatic carbocycles. The molecular formula is C13H13F2N3O. The Balaban J connectivity index is 2.17. The molecule has 1 aromatic carbocycles. The molecule has 100 valence electrons. The zero-order chi connectivity index (χ0) is 13.6. The Hall–Kier alpha value is -1.98. The first kappa shape index (κ1) is 12.1. The van der Waals surface area contributed by atoms with Gasteiger partial charge in [0, 0.05) is 18.5 Å². The third-order valence-electron chi connectivity index (χ3n) is 3.20. The van der Waals surface area contributed by atoms with Crippen LogP contribution in [0.2, 0.25) is 0 Å². The van der Waals surface area contributed by atoms with E-state index in [0.717, 1.165) is 35.7 Å². The molecule has 0 N–H and O–H groups in total. The number of aromatic nitrogens is 3. The van der Waals surface area contributed by atoms with Gasteiger partial charge in [-0.2, -0.15) is 4.68 Å². The van der Waals surface area contributed by atoms with E-state index in [2.05, 4.69) is 5.10 Å². The standard InChI is InChI=1S/C13H13F2N3O/c1-2-12-16-18(13(19)17(12)10-3-4-10)11-6-8(14)5-9(15)7-11/h5-7,10H,2-4H2,1H3. The maximum atomic E-state index is 13.2. The van der Waals surface area contributed by atoms with Gasteiger partial charge in [-0.25, -0.2) is 13.6 Å². The molecule has 0 amide bonds. The Kier molecular flexibility index (Phi) is 2.73. The van der Waals surface area contributed by atoms with Crippen LogP contribution in [0.15, 0.2) is 23.0 Å². The van der Waals surface area contributed by atoms with Gasteiger partial charge in [0.1, 0.15) is 17.5 Å². The van der Waals surface area contributed by atoms with Crippen LogP contribution in [0.25, 0.3) is 5.69 Å². The molecule has 6 heteroatoms. The Morgan fingerprint density at radius 3 is 2.42 bits per heavy atom. The van der Waals surface area contributed by atoms with Crippen molar-refractivity contribution in [3.63, 3.8) is 0 Å². The van der Waals surface area contributed by atoms with Crippen molar-refractivity contribution >= 4 is 0 Å². The van der Waals surface area contributed by atoms with Crippen molar-refractivity contribution in [3.8, 4) is 5.69 Å². The maximum Gasteiger partial charge on any atom is 0.350 e. The summed E-state index contributed by atoms with van der Waals surface area (Å²) < 4.78 is 29.1. The first-order chi connectivity index (χ1) is 9.10. The molecule has 1 heterocycles. The molecule has 0 bridgehead atoms. The van der Waals surface area contributed by atoms with Gasteiger partial charge in [0.2, 0.25) is 0 Å². The molecule has 1 fully saturated rings. The SMILES string of the molecule is CCc1nn(-c2cc(F)cc(F)c2)c(=O)n1C1CC1. The number of halogens is 2. The minimum absolute atomic E-state index is 0.122. The number of nitrogens with zero attached hydrogens (tertiary/aromatic N) is 3. The summed E-state index contributed by atoms with van der Waals surface area (Å²) in [5.41, 5.74) is -0.207. The Labute approximate surface area is 108 Å². The monoisotopic (exact) mass is 265 g/mol. The van der Waals surface area contributed by atoms with Gasteiger partial charge >= 0.3 is 5.69 Å². The Morgan fingerprint density at radius 1 is 1.26 bits per heavy atom. The molecule has 1 saturated carbocycles. The Morgan fingerprint density at radius 2 is 1.89 bits per heavy atom. The number of aryl methyl sites for hydroxylation is 1. The molecule has 2 aromatic rings. The lowest BCUT2D eigenvalue weighted by Gasteiger charge is -2.00. The van der Waals surface area contributed by atoms with Crippen LogP contribution in [-0.2, 0) is 6.42 Å². The van der Waals surface area contributed by atoms with E-state index in [1.165, 1.54) is 0 Å². The molecule has 0 radical (unpaired) electrons. The summed E-state index contributed by atoms with van der Waals surface area (Å²) in [6.45, 7) is 1.90. The van der Waals surface area contributed by atoms with E-state index < -0.39 is 11.6 Å². The van der Waals surface area contributed by atoms with Crippen LogP contribution in [0.4, 0.5) is 8.78 Å². The van der Waals surface area contributed by atoms with E-state index in [0.29, 0.717) is 12.2 Å². The molecule has 0 unspecified atom stereocenters. The lowest BCUT2D eigenvalue weighted by molar-refractivity contribution is 0.579. The minimum Gasteiger partial charge on any atom is -0.275 e. The average Bonchev–Trinajstić information content (AvgIpc) is 3.12. The van der Waals surface area contributed by atoms with E-state index in [4.69, 9.17) is 0 Å². The second-order valence-corrected chi connectivity index (χ2v) is 4.69. The minimum atomic E-state index is -0.721. The zero-order valence-electron chi connectivity index (χ0n) is 10.4. The Bertz CT molecular complexity index is 665. The molecular weight excluding hydrogens is 252 g/mol. The predicted octanol–water partition coefficient (Wildman–Crippen LogP) is 2.21. The van der Waals surface area contributed by atoms with Crippen molar-refractivity contribution in [3.05, 3.63) is 46.1 Å². The first-order valence-corrected chi connectivity index (χ1v) is 6.27. The zero-order valence-corrected chi connectivity index (χ0v) is 10.4. The van der Waals surface area contributed by atoms with E-state index >= 15 is 0 Å². The number of hydrogen-bond acceptors (Lipinski definition) is 2. The molecule has 1 aliphatic rings. The molecule has 1 aromatic heterocycles. The van der Waals surface area contributed by atoms with Crippen molar-refractivity contribution in [2.75, 3.05) is 0 Å². The largest absolute Gasteiger partial charge is 0.350 e. The van der Waals surface area contributed by atoms with Crippen LogP contribution in [-0.4, -0.2) is 14.3 Å². The predicted molar refractivity (Wildman–Crippen MR) is 65.4 cm³/mol. The van der Waals surface area contributed by atoms with Crippen molar-refractivity contribution in [2.45, 2.75) is 32.2 Å². The van der Waals surface area contributed by atoms with Gasteiger partial charge in [-0.15, -0.1) is 5.10 Å². The highest BCUT2D eigenvalue weighted by molar-refractivity contribution is 5.31. The molecule has 0 aliphatic heterocycles. The van der Waals surface area contributed by atoms with E-state index in [-0.39, 0.29) is 17.4 Å². The van der Waals surface area contributed by atoms with Gasteiger partial charge in [-0.05, 0) is 25.0 Å². The number of benzene rings is 1. The van der Waals surface area contributed by atoms with E-state index in [1.54, 1.807) is 4.57 Å².